The third-order valence-corrected chi connectivity index (χ3v) is 4.41. The van der Waals surface area contributed by atoms with Gasteiger partial charge in [-0.3, -0.25) is 4.79 Å². The molecule has 1 aromatic heterocycles. The molecule has 4 nitrogen and oxygen atoms in total. The van der Waals surface area contributed by atoms with Crippen LogP contribution in [-0.2, 0) is 12.6 Å². The Balaban J connectivity index is 1.64. The first-order valence-electron chi connectivity index (χ1n) is 8.90. The smallest absolute Gasteiger partial charge is 0.416 e. The molecule has 2 aromatic carbocycles. The molecule has 1 amide bonds. The highest BCUT2D eigenvalue weighted by Crippen LogP contribution is 2.30. The van der Waals surface area contributed by atoms with Gasteiger partial charge in [-0.2, -0.15) is 13.2 Å². The van der Waals surface area contributed by atoms with Crippen molar-refractivity contribution in [3.05, 3.63) is 64.9 Å². The van der Waals surface area contributed by atoms with Crippen molar-refractivity contribution >= 4 is 16.9 Å². The molecule has 0 aliphatic carbocycles. The average molecular weight is 391 g/mol. The van der Waals surface area contributed by atoms with E-state index in [4.69, 9.17) is 9.15 Å². The second kappa shape index (κ2) is 7.96. The molecule has 0 aliphatic heterocycles. The highest BCUT2D eigenvalue weighted by Gasteiger charge is 2.29. The van der Waals surface area contributed by atoms with Crippen LogP contribution >= 0.6 is 0 Å². The molecule has 148 valence electrons. The summed E-state index contributed by atoms with van der Waals surface area (Å²) in [5.74, 6) is 0.558. The second-order valence-electron chi connectivity index (χ2n) is 6.35. The lowest BCUT2D eigenvalue weighted by molar-refractivity contribution is -0.137. The Kier molecular flexibility index (Phi) is 5.63. The third-order valence-electron chi connectivity index (χ3n) is 4.41. The SMILES string of the molecule is CCOc1ccc2oc(C(=O)NCCc3ccc(C(F)(F)F)cc3)c(C)c2c1. The van der Waals surface area contributed by atoms with E-state index in [1.165, 1.54) is 12.1 Å². The van der Waals surface area contributed by atoms with E-state index >= 15 is 0 Å². The fraction of sp³-hybridized carbons (Fsp3) is 0.286. The molecule has 7 heteroatoms. The molecule has 0 bridgehead atoms. The Labute approximate surface area is 160 Å². The van der Waals surface area contributed by atoms with Gasteiger partial charge in [0.15, 0.2) is 5.76 Å². The minimum absolute atomic E-state index is 0.219. The number of hydrogen-bond donors (Lipinski definition) is 1. The number of fused-ring (bicyclic) bond motifs is 1. The van der Waals surface area contributed by atoms with E-state index in [1.807, 2.05) is 13.0 Å². The quantitative estimate of drug-likeness (QED) is 0.634. The van der Waals surface area contributed by atoms with Gasteiger partial charge in [0.25, 0.3) is 5.91 Å². The largest absolute Gasteiger partial charge is 0.494 e. The van der Waals surface area contributed by atoms with Gasteiger partial charge in [-0.25, -0.2) is 0 Å². The van der Waals surface area contributed by atoms with Crippen molar-refractivity contribution in [2.45, 2.75) is 26.4 Å². The van der Waals surface area contributed by atoms with E-state index in [9.17, 15) is 18.0 Å². The molecule has 0 radical (unpaired) electrons. The van der Waals surface area contributed by atoms with E-state index in [0.717, 1.165) is 17.5 Å². The van der Waals surface area contributed by atoms with Gasteiger partial charge < -0.3 is 14.5 Å². The minimum atomic E-state index is -4.35. The van der Waals surface area contributed by atoms with Crippen LogP contribution < -0.4 is 10.1 Å². The van der Waals surface area contributed by atoms with Crippen LogP contribution in [0.25, 0.3) is 11.0 Å². The van der Waals surface area contributed by atoms with Gasteiger partial charge in [-0.1, -0.05) is 12.1 Å². The number of hydrogen-bond acceptors (Lipinski definition) is 3. The number of carbonyl (C=O) groups is 1. The average Bonchev–Trinajstić information content (AvgIpc) is 2.98. The fourth-order valence-corrected chi connectivity index (χ4v) is 2.93. The van der Waals surface area contributed by atoms with Crippen LogP contribution in [0.1, 0.15) is 34.2 Å². The van der Waals surface area contributed by atoms with Crippen molar-refractivity contribution in [1.29, 1.82) is 0 Å². The molecular formula is C21H20F3NO3. The van der Waals surface area contributed by atoms with Crippen LogP contribution in [0.3, 0.4) is 0 Å². The molecule has 0 fully saturated rings. The number of alkyl halides is 3. The maximum absolute atomic E-state index is 12.6. The van der Waals surface area contributed by atoms with Gasteiger partial charge in [0, 0.05) is 17.5 Å². The lowest BCUT2D eigenvalue weighted by atomic mass is 10.1. The number of halogens is 3. The lowest BCUT2D eigenvalue weighted by Crippen LogP contribution is -2.25. The summed E-state index contributed by atoms with van der Waals surface area (Å²) >= 11 is 0. The second-order valence-corrected chi connectivity index (χ2v) is 6.35. The van der Waals surface area contributed by atoms with Gasteiger partial charge >= 0.3 is 6.18 Å². The third kappa shape index (κ3) is 4.30. The van der Waals surface area contributed by atoms with Crippen molar-refractivity contribution in [3.63, 3.8) is 0 Å². The maximum atomic E-state index is 12.6. The number of carbonyl (C=O) groups excluding carboxylic acids is 1. The van der Waals surface area contributed by atoms with E-state index in [2.05, 4.69) is 5.32 Å². The van der Waals surface area contributed by atoms with E-state index in [0.29, 0.717) is 35.5 Å². The first kappa shape index (κ1) is 19.8. The van der Waals surface area contributed by atoms with Crippen LogP contribution in [0.5, 0.6) is 5.75 Å². The summed E-state index contributed by atoms with van der Waals surface area (Å²) in [7, 11) is 0. The first-order valence-corrected chi connectivity index (χ1v) is 8.90. The molecule has 0 saturated heterocycles. The zero-order chi connectivity index (χ0) is 20.3. The van der Waals surface area contributed by atoms with Crippen LogP contribution in [0.4, 0.5) is 13.2 Å². The summed E-state index contributed by atoms with van der Waals surface area (Å²) in [5, 5.41) is 3.55. The fourth-order valence-electron chi connectivity index (χ4n) is 2.93. The molecule has 28 heavy (non-hydrogen) atoms. The van der Waals surface area contributed by atoms with Gasteiger partial charge in [0.1, 0.15) is 11.3 Å². The Bertz CT molecular complexity index is 975. The summed E-state index contributed by atoms with van der Waals surface area (Å²) in [6, 6.07) is 10.3. The van der Waals surface area contributed by atoms with Crippen molar-refractivity contribution in [2.24, 2.45) is 0 Å². The molecule has 0 spiro atoms. The zero-order valence-electron chi connectivity index (χ0n) is 15.5. The van der Waals surface area contributed by atoms with Crippen molar-refractivity contribution in [1.82, 2.24) is 5.32 Å². The summed E-state index contributed by atoms with van der Waals surface area (Å²) in [6.07, 6.45) is -3.94. The Morgan fingerprint density at radius 2 is 1.86 bits per heavy atom. The van der Waals surface area contributed by atoms with Crippen LogP contribution in [0.2, 0.25) is 0 Å². The van der Waals surface area contributed by atoms with Gasteiger partial charge in [0.2, 0.25) is 0 Å². The standard InChI is InChI=1S/C21H20F3NO3/c1-3-27-16-8-9-18-17(12-16)13(2)19(28-18)20(26)25-11-10-14-4-6-15(7-5-14)21(22,23)24/h4-9,12H,3,10-11H2,1-2H3,(H,25,26). The molecule has 0 atom stereocenters. The number of nitrogens with one attached hydrogen (secondary N) is 1. The van der Waals surface area contributed by atoms with Crippen LogP contribution in [-0.4, -0.2) is 19.1 Å². The molecule has 0 saturated carbocycles. The maximum Gasteiger partial charge on any atom is 0.416 e. The number of amides is 1. The molecule has 3 aromatic rings. The number of furan rings is 1. The number of aryl methyl sites for hydroxylation is 1. The normalized spacial score (nSPS) is 11.6. The van der Waals surface area contributed by atoms with Crippen LogP contribution in [0, 0.1) is 6.92 Å². The summed E-state index contributed by atoms with van der Waals surface area (Å²) < 4.78 is 48.9. The number of rotatable bonds is 6. The van der Waals surface area contributed by atoms with E-state index in [1.54, 1.807) is 19.1 Å². The van der Waals surface area contributed by atoms with Crippen molar-refractivity contribution in [3.8, 4) is 5.75 Å². The Hall–Kier alpha value is -2.96. The Morgan fingerprint density at radius 3 is 2.50 bits per heavy atom. The van der Waals surface area contributed by atoms with Gasteiger partial charge in [-0.15, -0.1) is 0 Å². The monoisotopic (exact) mass is 391 g/mol. The molecule has 0 aliphatic rings. The summed E-state index contributed by atoms with van der Waals surface area (Å²) in [6.45, 7) is 4.51. The molecule has 1 N–H and O–H groups in total. The minimum Gasteiger partial charge on any atom is -0.494 e. The molecule has 1 heterocycles. The predicted molar refractivity (Wildman–Crippen MR) is 99.6 cm³/mol. The highest BCUT2D eigenvalue weighted by molar-refractivity contribution is 5.99. The zero-order valence-corrected chi connectivity index (χ0v) is 15.5. The Morgan fingerprint density at radius 1 is 1.14 bits per heavy atom. The number of benzene rings is 2. The summed E-state index contributed by atoms with van der Waals surface area (Å²) in [5.41, 5.74) is 1.32. The van der Waals surface area contributed by atoms with E-state index in [-0.39, 0.29) is 18.2 Å². The lowest BCUT2D eigenvalue weighted by Gasteiger charge is -2.08. The van der Waals surface area contributed by atoms with Crippen molar-refractivity contribution in [2.75, 3.05) is 13.2 Å². The van der Waals surface area contributed by atoms with Crippen molar-refractivity contribution < 1.29 is 27.1 Å². The molecular weight excluding hydrogens is 371 g/mol. The van der Waals surface area contributed by atoms with Crippen LogP contribution in [0.15, 0.2) is 46.9 Å². The van der Waals surface area contributed by atoms with E-state index < -0.39 is 11.7 Å². The van der Waals surface area contributed by atoms with Gasteiger partial charge in [-0.05, 0) is 56.2 Å². The number of ether oxygens (including phenoxy) is 1. The summed E-state index contributed by atoms with van der Waals surface area (Å²) in [4.78, 5) is 12.4. The molecule has 0 unspecified atom stereocenters. The first-order chi connectivity index (χ1) is 13.3. The highest BCUT2D eigenvalue weighted by atomic mass is 19.4. The topological polar surface area (TPSA) is 51.5 Å². The van der Waals surface area contributed by atoms with Gasteiger partial charge in [0.05, 0.1) is 12.2 Å². The molecule has 3 rings (SSSR count). The predicted octanol–water partition coefficient (Wildman–Crippen LogP) is 5.13.